The molecular weight excluding hydrogens is 429 g/mol. The molecule has 1 unspecified atom stereocenters. The van der Waals surface area contributed by atoms with Crippen molar-refractivity contribution in [2.24, 2.45) is 28.2 Å². The van der Waals surface area contributed by atoms with Gasteiger partial charge in [0.2, 0.25) is 5.90 Å². The first kappa shape index (κ1) is 23.6. The molecule has 1 heterocycles. The Morgan fingerprint density at radius 1 is 1.12 bits per heavy atom. The Labute approximate surface area is 203 Å². The van der Waals surface area contributed by atoms with Crippen molar-refractivity contribution in [1.82, 2.24) is 0 Å². The van der Waals surface area contributed by atoms with Crippen molar-refractivity contribution in [3.8, 4) is 0 Å². The van der Waals surface area contributed by atoms with Gasteiger partial charge in [0, 0.05) is 11.0 Å². The number of carbonyl (C=O) groups is 1. The number of benzene rings is 1. The van der Waals surface area contributed by atoms with E-state index in [1.54, 1.807) is 6.07 Å². The summed E-state index contributed by atoms with van der Waals surface area (Å²) in [5.41, 5.74) is 3.62. The average molecular weight is 468 g/mol. The Bertz CT molecular complexity index is 1120. The lowest BCUT2D eigenvalue weighted by Gasteiger charge is -2.32. The molecule has 0 saturated heterocycles. The quantitative estimate of drug-likeness (QED) is 0.494. The number of rotatable bonds is 3. The summed E-state index contributed by atoms with van der Waals surface area (Å²) in [4.78, 5) is 17.3. The highest BCUT2D eigenvalue weighted by molar-refractivity contribution is 5.90. The summed E-state index contributed by atoms with van der Waals surface area (Å²) in [5, 5.41) is 0. The highest BCUT2D eigenvalue weighted by Crippen LogP contribution is 2.69. The van der Waals surface area contributed by atoms with Crippen molar-refractivity contribution in [2.45, 2.75) is 91.3 Å². The molecule has 4 nitrogen and oxygen atoms in total. The van der Waals surface area contributed by atoms with Crippen LogP contribution in [-0.4, -0.2) is 24.0 Å². The van der Waals surface area contributed by atoms with E-state index in [2.05, 4.69) is 34.6 Å². The van der Waals surface area contributed by atoms with Gasteiger partial charge in [0.25, 0.3) is 0 Å². The molecule has 1 aromatic rings. The molecule has 3 aliphatic carbocycles. The minimum atomic E-state index is -0.461. The summed E-state index contributed by atoms with van der Waals surface area (Å²) in [6, 6.07) is 3.71. The van der Waals surface area contributed by atoms with Crippen LogP contribution in [0.1, 0.15) is 84.9 Å². The summed E-state index contributed by atoms with van der Waals surface area (Å²) < 4.78 is 26.6. The van der Waals surface area contributed by atoms with Crippen LogP contribution in [0.4, 0.5) is 4.39 Å². The fraction of sp³-hybridized carbons (Fsp3) is 0.655. The van der Waals surface area contributed by atoms with Gasteiger partial charge in [-0.1, -0.05) is 40.2 Å². The molecule has 1 aromatic carbocycles. The van der Waals surface area contributed by atoms with Gasteiger partial charge >= 0.3 is 5.97 Å². The van der Waals surface area contributed by atoms with Crippen LogP contribution in [0.3, 0.4) is 0 Å². The van der Waals surface area contributed by atoms with E-state index in [1.165, 1.54) is 11.1 Å². The summed E-state index contributed by atoms with van der Waals surface area (Å²) >= 11 is 0. The number of carbonyl (C=O) groups excluding carboxylic acids is 1. The van der Waals surface area contributed by atoms with E-state index >= 15 is 0 Å². The average Bonchev–Trinajstić information content (AvgIpc) is 3.29. The number of dihydropyridines is 1. The van der Waals surface area contributed by atoms with E-state index in [0.29, 0.717) is 29.8 Å². The van der Waals surface area contributed by atoms with Crippen LogP contribution in [0.5, 0.6) is 0 Å². The maximum atomic E-state index is 15.0. The maximum absolute atomic E-state index is 15.0. The third-order valence-corrected chi connectivity index (χ3v) is 8.54. The van der Waals surface area contributed by atoms with Crippen molar-refractivity contribution >= 4 is 11.9 Å². The predicted octanol–water partition coefficient (Wildman–Crippen LogP) is 6.25. The number of aliphatic imine (C=N–C) groups is 1. The van der Waals surface area contributed by atoms with Gasteiger partial charge in [-0.15, -0.1) is 0 Å². The summed E-state index contributed by atoms with van der Waals surface area (Å²) in [6.45, 7) is 17.6. The SMILES string of the molecule is CC(C)(C)OC(=O)[C@H]1[C@@H]2CC3=CC(OCc4cc5c(cc4F)C(C)(C)CC5(C)C)=NCC3(C)[C@@H]21. The molecule has 2 saturated carbocycles. The Balaban J connectivity index is 1.27. The number of esters is 1. The van der Waals surface area contributed by atoms with Gasteiger partial charge in [-0.25, -0.2) is 4.39 Å². The lowest BCUT2D eigenvalue weighted by atomic mass is 9.77. The predicted molar refractivity (Wildman–Crippen MR) is 131 cm³/mol. The lowest BCUT2D eigenvalue weighted by Crippen LogP contribution is -2.32. The summed E-state index contributed by atoms with van der Waals surface area (Å²) in [6.07, 6.45) is 3.91. The number of halogens is 1. The molecule has 5 heteroatoms. The van der Waals surface area contributed by atoms with Gasteiger partial charge in [-0.3, -0.25) is 9.79 Å². The van der Waals surface area contributed by atoms with E-state index in [-0.39, 0.29) is 40.6 Å². The number of nitrogens with zero attached hydrogens (tertiary/aromatic N) is 1. The molecule has 0 amide bonds. The molecule has 0 spiro atoms. The number of ether oxygens (including phenoxy) is 2. The van der Waals surface area contributed by atoms with Crippen LogP contribution in [0.25, 0.3) is 0 Å². The van der Waals surface area contributed by atoms with E-state index < -0.39 is 5.60 Å². The van der Waals surface area contributed by atoms with Gasteiger partial charge < -0.3 is 9.47 Å². The molecule has 0 aromatic heterocycles. The van der Waals surface area contributed by atoms with Gasteiger partial charge in [0.15, 0.2) is 0 Å². The van der Waals surface area contributed by atoms with E-state index in [1.807, 2.05) is 32.9 Å². The molecular formula is C29H38FNO3. The minimum Gasteiger partial charge on any atom is -0.473 e. The molecule has 2 fully saturated rings. The van der Waals surface area contributed by atoms with Crippen LogP contribution < -0.4 is 0 Å². The van der Waals surface area contributed by atoms with E-state index in [9.17, 15) is 9.18 Å². The molecule has 1 aliphatic heterocycles. The zero-order chi connectivity index (χ0) is 24.8. The van der Waals surface area contributed by atoms with Gasteiger partial charge in [0.05, 0.1) is 12.5 Å². The van der Waals surface area contributed by atoms with E-state index in [0.717, 1.165) is 18.4 Å². The maximum Gasteiger partial charge on any atom is 0.310 e. The van der Waals surface area contributed by atoms with Gasteiger partial charge in [0.1, 0.15) is 18.0 Å². The third-order valence-electron chi connectivity index (χ3n) is 8.54. The number of hydrogen-bond donors (Lipinski definition) is 0. The second-order valence-electron chi connectivity index (χ2n) is 13.4. The molecule has 184 valence electrons. The zero-order valence-corrected chi connectivity index (χ0v) is 21.8. The molecule has 4 atom stereocenters. The molecule has 5 rings (SSSR count). The minimum absolute atomic E-state index is 0.0168. The standard InChI is InChI=1S/C29H38FNO3/c1-26(2,3)34-25(32)23-18-10-17-11-22(31-15-29(17,8)24(18)23)33-13-16-9-19-20(12-21(16)30)28(6,7)14-27(19,4)5/h9,11-12,18,23-24H,10,13-15H2,1-8H3/t18-,23-,24-,29?/m0/s1. The molecule has 0 N–H and O–H groups in total. The Morgan fingerprint density at radius 3 is 2.41 bits per heavy atom. The molecule has 34 heavy (non-hydrogen) atoms. The van der Waals surface area contributed by atoms with Crippen LogP contribution in [0, 0.1) is 29.0 Å². The number of fused-ring (bicyclic) bond motifs is 4. The highest BCUT2D eigenvalue weighted by Gasteiger charge is 2.69. The van der Waals surface area contributed by atoms with Crippen molar-refractivity contribution in [3.63, 3.8) is 0 Å². The van der Waals surface area contributed by atoms with Gasteiger partial charge in [-0.05, 0) is 85.6 Å². The third kappa shape index (κ3) is 3.70. The number of hydrogen-bond acceptors (Lipinski definition) is 4. The Kier molecular flexibility index (Phi) is 4.97. The lowest BCUT2D eigenvalue weighted by molar-refractivity contribution is -0.157. The van der Waals surface area contributed by atoms with Crippen molar-refractivity contribution in [2.75, 3.05) is 6.54 Å². The first-order valence-electron chi connectivity index (χ1n) is 12.6. The molecule has 4 aliphatic rings. The first-order valence-corrected chi connectivity index (χ1v) is 12.6. The Morgan fingerprint density at radius 2 is 1.76 bits per heavy atom. The zero-order valence-electron chi connectivity index (χ0n) is 21.8. The van der Waals surface area contributed by atoms with Crippen molar-refractivity contribution in [1.29, 1.82) is 0 Å². The topological polar surface area (TPSA) is 47.9 Å². The Hall–Kier alpha value is -2.17. The smallest absolute Gasteiger partial charge is 0.310 e. The monoisotopic (exact) mass is 467 g/mol. The summed E-state index contributed by atoms with van der Waals surface area (Å²) in [7, 11) is 0. The fourth-order valence-electron chi connectivity index (χ4n) is 7.14. The van der Waals surface area contributed by atoms with Crippen LogP contribution in [0.15, 0.2) is 28.8 Å². The fourth-order valence-corrected chi connectivity index (χ4v) is 7.14. The van der Waals surface area contributed by atoms with Crippen LogP contribution in [-0.2, 0) is 31.7 Å². The second-order valence-corrected chi connectivity index (χ2v) is 13.4. The highest BCUT2D eigenvalue weighted by atomic mass is 19.1. The van der Waals surface area contributed by atoms with Crippen LogP contribution in [0.2, 0.25) is 0 Å². The first-order chi connectivity index (χ1) is 15.6. The normalized spacial score (nSPS) is 32.2. The largest absolute Gasteiger partial charge is 0.473 e. The summed E-state index contributed by atoms with van der Waals surface area (Å²) in [5.74, 6) is 0.890. The van der Waals surface area contributed by atoms with Crippen LogP contribution >= 0.6 is 0 Å². The second kappa shape index (κ2) is 7.18. The molecule has 0 radical (unpaired) electrons. The van der Waals surface area contributed by atoms with Gasteiger partial charge in [-0.2, -0.15) is 0 Å². The van der Waals surface area contributed by atoms with Crippen molar-refractivity contribution < 1.29 is 18.7 Å². The van der Waals surface area contributed by atoms with Crippen molar-refractivity contribution in [3.05, 3.63) is 46.3 Å². The molecule has 0 bridgehead atoms. The van der Waals surface area contributed by atoms with E-state index in [4.69, 9.17) is 14.5 Å².